The van der Waals surface area contributed by atoms with Crippen LogP contribution < -0.4 is 10.6 Å². The van der Waals surface area contributed by atoms with E-state index >= 15 is 0 Å². The molecule has 0 atom stereocenters. The van der Waals surface area contributed by atoms with Crippen LogP contribution >= 0.6 is 11.6 Å². The summed E-state index contributed by atoms with van der Waals surface area (Å²) in [6.45, 7) is 6.60. The van der Waals surface area contributed by atoms with E-state index in [1.807, 2.05) is 37.8 Å². The summed E-state index contributed by atoms with van der Waals surface area (Å²) in [6, 6.07) is 3.67. The zero-order chi connectivity index (χ0) is 17.9. The molecule has 6 nitrogen and oxygen atoms in total. The van der Waals surface area contributed by atoms with Crippen molar-refractivity contribution in [1.82, 2.24) is 10.2 Å². The van der Waals surface area contributed by atoms with Crippen molar-refractivity contribution in [2.75, 3.05) is 18.4 Å². The zero-order valence-electron chi connectivity index (χ0n) is 14.2. The Bertz CT molecular complexity index is 630. The molecule has 0 aliphatic heterocycles. The van der Waals surface area contributed by atoms with Crippen molar-refractivity contribution >= 4 is 29.3 Å². The van der Waals surface area contributed by atoms with Crippen LogP contribution in [0.4, 0.5) is 10.5 Å². The SMILES string of the molecule is CCN(CC(=O)O)C1CC(NC(=O)Nc2cc(C)c(C)cc2Cl)C1. The number of benzene rings is 1. The van der Waals surface area contributed by atoms with Gasteiger partial charge in [-0.15, -0.1) is 0 Å². The highest BCUT2D eigenvalue weighted by Gasteiger charge is 2.34. The number of nitrogens with one attached hydrogen (secondary N) is 2. The van der Waals surface area contributed by atoms with Crippen LogP contribution in [0.15, 0.2) is 12.1 Å². The van der Waals surface area contributed by atoms with Gasteiger partial charge in [0.25, 0.3) is 0 Å². The minimum atomic E-state index is -0.824. The average molecular weight is 354 g/mol. The molecule has 0 unspecified atom stereocenters. The summed E-state index contributed by atoms with van der Waals surface area (Å²) in [5.74, 6) is -0.824. The normalized spacial score (nSPS) is 19.7. The smallest absolute Gasteiger partial charge is 0.319 e. The second-order valence-electron chi connectivity index (χ2n) is 6.29. The molecule has 0 spiro atoms. The third-order valence-corrected chi connectivity index (χ3v) is 4.85. The van der Waals surface area contributed by atoms with Crippen molar-refractivity contribution in [3.8, 4) is 0 Å². The molecular weight excluding hydrogens is 330 g/mol. The summed E-state index contributed by atoms with van der Waals surface area (Å²) in [5, 5.41) is 15.1. The first-order valence-corrected chi connectivity index (χ1v) is 8.48. The van der Waals surface area contributed by atoms with E-state index in [0.717, 1.165) is 24.0 Å². The molecule has 1 aliphatic rings. The standard InChI is InChI=1S/C17H24ClN3O3/c1-4-21(9-16(22)23)13-7-12(8-13)19-17(24)20-15-6-11(3)10(2)5-14(15)18/h5-6,12-13H,4,7-9H2,1-3H3,(H,22,23)(H2,19,20,24). The first-order valence-electron chi connectivity index (χ1n) is 8.10. The summed E-state index contributed by atoms with van der Waals surface area (Å²) in [5.41, 5.74) is 2.73. The van der Waals surface area contributed by atoms with E-state index in [1.165, 1.54) is 0 Å². The van der Waals surface area contributed by atoms with Gasteiger partial charge in [-0.3, -0.25) is 9.69 Å². The van der Waals surface area contributed by atoms with Crippen LogP contribution in [-0.4, -0.2) is 47.2 Å². The van der Waals surface area contributed by atoms with Crippen molar-refractivity contribution in [3.63, 3.8) is 0 Å². The molecule has 3 N–H and O–H groups in total. The average Bonchev–Trinajstić information content (AvgIpc) is 2.45. The van der Waals surface area contributed by atoms with Crippen molar-refractivity contribution < 1.29 is 14.7 Å². The highest BCUT2D eigenvalue weighted by molar-refractivity contribution is 6.33. The molecule has 0 saturated heterocycles. The largest absolute Gasteiger partial charge is 0.480 e. The number of aliphatic carboxylic acids is 1. The van der Waals surface area contributed by atoms with Crippen molar-refractivity contribution in [3.05, 3.63) is 28.3 Å². The Morgan fingerprint density at radius 2 is 1.92 bits per heavy atom. The quantitative estimate of drug-likeness (QED) is 0.734. The molecule has 7 heteroatoms. The van der Waals surface area contributed by atoms with E-state index in [1.54, 1.807) is 0 Å². The number of carbonyl (C=O) groups excluding carboxylic acids is 1. The summed E-state index contributed by atoms with van der Waals surface area (Å²) in [6.07, 6.45) is 1.52. The number of nitrogens with zero attached hydrogens (tertiary/aromatic N) is 1. The minimum Gasteiger partial charge on any atom is -0.480 e. The van der Waals surface area contributed by atoms with Crippen LogP contribution in [0, 0.1) is 13.8 Å². The molecule has 2 rings (SSSR count). The summed E-state index contributed by atoms with van der Waals surface area (Å²) >= 11 is 6.16. The number of halogens is 1. The van der Waals surface area contributed by atoms with Gasteiger partial charge in [0, 0.05) is 12.1 Å². The van der Waals surface area contributed by atoms with E-state index in [9.17, 15) is 9.59 Å². The lowest BCUT2D eigenvalue weighted by atomic mass is 9.85. The van der Waals surface area contributed by atoms with E-state index < -0.39 is 5.97 Å². The van der Waals surface area contributed by atoms with Crippen LogP contribution in [-0.2, 0) is 4.79 Å². The number of rotatable bonds is 6. The third kappa shape index (κ3) is 4.61. The van der Waals surface area contributed by atoms with Gasteiger partial charge in [0.1, 0.15) is 0 Å². The molecule has 24 heavy (non-hydrogen) atoms. The van der Waals surface area contributed by atoms with Gasteiger partial charge in [0.15, 0.2) is 0 Å². The molecular formula is C17H24ClN3O3. The van der Waals surface area contributed by atoms with Crippen LogP contribution in [0.5, 0.6) is 0 Å². The van der Waals surface area contributed by atoms with Gasteiger partial charge in [0.05, 0.1) is 17.3 Å². The minimum absolute atomic E-state index is 0.0400. The summed E-state index contributed by atoms with van der Waals surface area (Å²) in [4.78, 5) is 24.8. The molecule has 1 aromatic rings. The number of carbonyl (C=O) groups is 2. The zero-order valence-corrected chi connectivity index (χ0v) is 15.0. The molecule has 1 aromatic carbocycles. The predicted molar refractivity (Wildman–Crippen MR) is 94.8 cm³/mol. The monoisotopic (exact) mass is 353 g/mol. The molecule has 0 aromatic heterocycles. The van der Waals surface area contributed by atoms with Crippen LogP contribution in [0.1, 0.15) is 30.9 Å². The maximum absolute atomic E-state index is 12.1. The molecule has 132 valence electrons. The van der Waals surface area contributed by atoms with Gasteiger partial charge >= 0.3 is 12.0 Å². The number of amides is 2. The first kappa shape index (κ1) is 18.5. The van der Waals surface area contributed by atoms with Crippen LogP contribution in [0.25, 0.3) is 0 Å². The number of anilines is 1. The van der Waals surface area contributed by atoms with E-state index in [4.69, 9.17) is 16.7 Å². The molecule has 1 saturated carbocycles. The molecule has 0 radical (unpaired) electrons. The van der Waals surface area contributed by atoms with E-state index in [2.05, 4.69) is 10.6 Å². The van der Waals surface area contributed by atoms with Gasteiger partial charge in [-0.2, -0.15) is 0 Å². The van der Waals surface area contributed by atoms with E-state index in [-0.39, 0.29) is 24.7 Å². The number of carboxylic acids is 1. The highest BCUT2D eigenvalue weighted by Crippen LogP contribution is 2.27. The maximum atomic E-state index is 12.1. The number of hydrogen-bond acceptors (Lipinski definition) is 3. The maximum Gasteiger partial charge on any atom is 0.319 e. The van der Waals surface area contributed by atoms with Gasteiger partial charge in [0.2, 0.25) is 0 Å². The lowest BCUT2D eigenvalue weighted by Crippen LogP contribution is -2.55. The lowest BCUT2D eigenvalue weighted by Gasteiger charge is -2.42. The first-order chi connectivity index (χ1) is 11.3. The second-order valence-corrected chi connectivity index (χ2v) is 6.70. The molecule has 1 aliphatic carbocycles. The van der Waals surface area contributed by atoms with Crippen molar-refractivity contribution in [2.45, 2.75) is 45.7 Å². The molecule has 0 bridgehead atoms. The Hall–Kier alpha value is -1.79. The Labute approximate surface area is 147 Å². The third-order valence-electron chi connectivity index (χ3n) is 4.54. The Morgan fingerprint density at radius 3 is 2.50 bits per heavy atom. The van der Waals surface area contributed by atoms with E-state index in [0.29, 0.717) is 17.3 Å². The van der Waals surface area contributed by atoms with Crippen LogP contribution in [0.2, 0.25) is 5.02 Å². The lowest BCUT2D eigenvalue weighted by molar-refractivity contribution is -0.139. The highest BCUT2D eigenvalue weighted by atomic mass is 35.5. The van der Waals surface area contributed by atoms with Crippen LogP contribution in [0.3, 0.4) is 0 Å². The number of urea groups is 1. The fourth-order valence-electron chi connectivity index (χ4n) is 2.90. The summed E-state index contributed by atoms with van der Waals surface area (Å²) in [7, 11) is 0. The Balaban J connectivity index is 1.83. The molecule has 1 fully saturated rings. The Kier molecular flexibility index (Phi) is 6.07. The van der Waals surface area contributed by atoms with Gasteiger partial charge in [-0.1, -0.05) is 18.5 Å². The fourth-order valence-corrected chi connectivity index (χ4v) is 3.16. The van der Waals surface area contributed by atoms with Crippen molar-refractivity contribution in [1.29, 1.82) is 0 Å². The second kappa shape index (κ2) is 7.85. The number of aryl methyl sites for hydroxylation is 2. The van der Waals surface area contributed by atoms with Gasteiger partial charge in [-0.25, -0.2) is 4.79 Å². The fraction of sp³-hybridized carbons (Fsp3) is 0.529. The molecule has 2 amide bonds. The summed E-state index contributed by atoms with van der Waals surface area (Å²) < 4.78 is 0. The Morgan fingerprint density at radius 1 is 1.29 bits per heavy atom. The number of likely N-dealkylation sites (N-methyl/N-ethyl adjacent to an activating group) is 1. The van der Waals surface area contributed by atoms with Gasteiger partial charge < -0.3 is 15.7 Å². The predicted octanol–water partition coefficient (Wildman–Crippen LogP) is 3.02. The van der Waals surface area contributed by atoms with Crippen molar-refractivity contribution in [2.24, 2.45) is 0 Å². The van der Waals surface area contributed by atoms with Gasteiger partial charge in [-0.05, 0) is 56.5 Å². The molecule has 0 heterocycles. The number of hydrogen-bond donors (Lipinski definition) is 3. The number of carboxylic acid groups (broad SMARTS) is 1. The topological polar surface area (TPSA) is 81.7 Å².